The van der Waals surface area contributed by atoms with Crippen molar-refractivity contribution in [2.24, 2.45) is 0 Å². The third-order valence-corrected chi connectivity index (χ3v) is 4.93. The number of para-hydroxylation sites is 1. The van der Waals surface area contributed by atoms with E-state index in [1.807, 2.05) is 42.5 Å². The summed E-state index contributed by atoms with van der Waals surface area (Å²) < 4.78 is 11.8. The van der Waals surface area contributed by atoms with Crippen LogP contribution in [-0.2, 0) is 4.74 Å². The molecule has 1 N–H and O–H groups in total. The molecule has 2 aromatic rings. The third kappa shape index (κ3) is 5.61. The van der Waals surface area contributed by atoms with E-state index in [0.717, 1.165) is 41.7 Å². The summed E-state index contributed by atoms with van der Waals surface area (Å²) in [4.78, 5) is 0. The summed E-state index contributed by atoms with van der Waals surface area (Å²) in [5.74, 6) is 1.14. The molecular formula is C25H28O3. The van der Waals surface area contributed by atoms with Gasteiger partial charge in [-0.2, -0.15) is 0 Å². The first-order chi connectivity index (χ1) is 13.7. The van der Waals surface area contributed by atoms with Gasteiger partial charge in [-0.3, -0.25) is 0 Å². The first kappa shape index (κ1) is 20.0. The second-order valence-corrected chi connectivity index (χ2v) is 6.98. The van der Waals surface area contributed by atoms with E-state index in [0.29, 0.717) is 19.0 Å². The topological polar surface area (TPSA) is 38.7 Å². The zero-order valence-electron chi connectivity index (χ0n) is 16.4. The Bertz CT molecular complexity index is 849. The number of rotatable bonds is 9. The van der Waals surface area contributed by atoms with Gasteiger partial charge in [0.05, 0.1) is 12.7 Å². The second-order valence-electron chi connectivity index (χ2n) is 6.98. The van der Waals surface area contributed by atoms with E-state index in [-0.39, 0.29) is 6.10 Å². The van der Waals surface area contributed by atoms with Crippen molar-refractivity contribution in [3.8, 4) is 11.5 Å². The van der Waals surface area contributed by atoms with Crippen LogP contribution >= 0.6 is 0 Å². The van der Waals surface area contributed by atoms with E-state index in [9.17, 15) is 5.11 Å². The Morgan fingerprint density at radius 2 is 2.04 bits per heavy atom. The quantitative estimate of drug-likeness (QED) is 0.590. The number of benzene rings is 2. The van der Waals surface area contributed by atoms with E-state index >= 15 is 0 Å². The van der Waals surface area contributed by atoms with Gasteiger partial charge in [-0.15, -0.1) is 0 Å². The number of allylic oxidation sites excluding steroid dienone is 1. The predicted octanol–water partition coefficient (Wildman–Crippen LogP) is 5.93. The summed E-state index contributed by atoms with van der Waals surface area (Å²) in [5.41, 5.74) is 4.50. The first-order valence-electron chi connectivity index (χ1n) is 9.82. The SMILES string of the molecule is C=C(COc1ccccc1)C1=CCOC1CC/C(=C/c1cccc(O)c1)CC. The Morgan fingerprint density at radius 1 is 1.21 bits per heavy atom. The van der Waals surface area contributed by atoms with Crippen molar-refractivity contribution < 1.29 is 14.6 Å². The minimum absolute atomic E-state index is 0.0611. The van der Waals surface area contributed by atoms with Gasteiger partial charge in [-0.25, -0.2) is 0 Å². The van der Waals surface area contributed by atoms with Gasteiger partial charge in [0.25, 0.3) is 0 Å². The molecule has 1 heterocycles. The minimum Gasteiger partial charge on any atom is -0.508 e. The summed E-state index contributed by atoms with van der Waals surface area (Å²) in [5, 5.41) is 9.65. The molecule has 3 nitrogen and oxygen atoms in total. The molecule has 3 heteroatoms. The van der Waals surface area contributed by atoms with Gasteiger partial charge in [-0.05, 0) is 60.2 Å². The van der Waals surface area contributed by atoms with E-state index in [1.165, 1.54) is 5.57 Å². The predicted molar refractivity (Wildman–Crippen MR) is 115 cm³/mol. The molecule has 0 fully saturated rings. The zero-order valence-corrected chi connectivity index (χ0v) is 16.4. The van der Waals surface area contributed by atoms with E-state index in [1.54, 1.807) is 12.1 Å². The van der Waals surface area contributed by atoms with Crippen molar-refractivity contribution in [2.75, 3.05) is 13.2 Å². The summed E-state index contributed by atoms with van der Waals surface area (Å²) in [7, 11) is 0. The molecular weight excluding hydrogens is 348 g/mol. The molecule has 1 atom stereocenters. The maximum absolute atomic E-state index is 9.65. The monoisotopic (exact) mass is 376 g/mol. The van der Waals surface area contributed by atoms with Crippen molar-refractivity contribution in [2.45, 2.75) is 32.3 Å². The highest BCUT2D eigenvalue weighted by atomic mass is 16.5. The molecule has 0 aliphatic carbocycles. The lowest BCUT2D eigenvalue weighted by atomic mass is 9.96. The van der Waals surface area contributed by atoms with Crippen LogP contribution in [-0.4, -0.2) is 24.4 Å². The largest absolute Gasteiger partial charge is 0.508 e. The van der Waals surface area contributed by atoms with Crippen molar-refractivity contribution in [3.05, 3.63) is 89.5 Å². The second kappa shape index (κ2) is 9.95. The van der Waals surface area contributed by atoms with E-state index < -0.39 is 0 Å². The highest BCUT2D eigenvalue weighted by Gasteiger charge is 2.22. The molecule has 1 unspecified atom stereocenters. The Kier molecular flexibility index (Phi) is 7.10. The fraction of sp³-hybridized carbons (Fsp3) is 0.280. The lowest BCUT2D eigenvalue weighted by Gasteiger charge is -2.18. The molecule has 0 saturated carbocycles. The molecule has 0 radical (unpaired) electrons. The molecule has 28 heavy (non-hydrogen) atoms. The van der Waals surface area contributed by atoms with Crippen LogP contribution in [0.2, 0.25) is 0 Å². The lowest BCUT2D eigenvalue weighted by Crippen LogP contribution is -2.14. The molecule has 0 spiro atoms. The highest BCUT2D eigenvalue weighted by molar-refractivity contribution is 5.54. The third-order valence-electron chi connectivity index (χ3n) is 4.93. The molecule has 0 bridgehead atoms. The minimum atomic E-state index is 0.0611. The summed E-state index contributed by atoms with van der Waals surface area (Å²) in [6, 6.07) is 17.1. The molecule has 146 valence electrons. The maximum atomic E-state index is 9.65. The number of phenols is 1. The van der Waals surface area contributed by atoms with E-state index in [2.05, 4.69) is 25.7 Å². The van der Waals surface area contributed by atoms with Crippen LogP contribution in [0.1, 0.15) is 31.7 Å². The Morgan fingerprint density at radius 3 is 2.79 bits per heavy atom. The van der Waals surface area contributed by atoms with Gasteiger partial charge in [0, 0.05) is 0 Å². The number of ether oxygens (including phenoxy) is 2. The molecule has 0 saturated heterocycles. The number of aromatic hydroxyl groups is 1. The molecule has 0 amide bonds. The Balaban J connectivity index is 1.55. The average molecular weight is 376 g/mol. The molecule has 2 aromatic carbocycles. The van der Waals surface area contributed by atoms with Gasteiger partial charge < -0.3 is 14.6 Å². The zero-order chi connectivity index (χ0) is 19.8. The summed E-state index contributed by atoms with van der Waals surface area (Å²) in [6.07, 6.45) is 7.16. The van der Waals surface area contributed by atoms with Crippen LogP contribution in [0.4, 0.5) is 0 Å². The van der Waals surface area contributed by atoms with Gasteiger partial charge in [0.15, 0.2) is 0 Å². The van der Waals surface area contributed by atoms with Gasteiger partial charge >= 0.3 is 0 Å². The standard InChI is InChI=1S/C25H28O3/c1-3-20(16-21-8-7-9-22(26)17-21)12-13-25-24(14-15-27-25)19(2)18-28-23-10-5-4-6-11-23/h4-11,14,16-17,25-26H,2-3,12-13,15,18H2,1H3/b20-16+. The van der Waals surface area contributed by atoms with Gasteiger partial charge in [0.1, 0.15) is 18.1 Å². The summed E-state index contributed by atoms with van der Waals surface area (Å²) in [6.45, 7) is 7.47. The Labute approximate surface area is 167 Å². The number of hydrogen-bond donors (Lipinski definition) is 1. The van der Waals surface area contributed by atoms with Gasteiger partial charge in [-0.1, -0.05) is 61.6 Å². The van der Waals surface area contributed by atoms with Crippen molar-refractivity contribution >= 4 is 6.08 Å². The van der Waals surface area contributed by atoms with Gasteiger partial charge in [0.2, 0.25) is 0 Å². The lowest BCUT2D eigenvalue weighted by molar-refractivity contribution is 0.116. The molecule has 3 rings (SSSR count). The molecule has 1 aliphatic rings. The fourth-order valence-electron chi connectivity index (χ4n) is 3.37. The van der Waals surface area contributed by atoms with Crippen LogP contribution in [0.15, 0.2) is 84.0 Å². The first-order valence-corrected chi connectivity index (χ1v) is 9.82. The average Bonchev–Trinajstić information content (AvgIpc) is 3.19. The number of hydrogen-bond acceptors (Lipinski definition) is 3. The molecule has 1 aliphatic heterocycles. The van der Waals surface area contributed by atoms with Crippen molar-refractivity contribution in [3.63, 3.8) is 0 Å². The van der Waals surface area contributed by atoms with Crippen LogP contribution in [0, 0.1) is 0 Å². The van der Waals surface area contributed by atoms with Crippen molar-refractivity contribution in [1.82, 2.24) is 0 Å². The van der Waals surface area contributed by atoms with Crippen LogP contribution in [0.3, 0.4) is 0 Å². The van der Waals surface area contributed by atoms with Crippen LogP contribution < -0.4 is 4.74 Å². The molecule has 0 aromatic heterocycles. The smallest absolute Gasteiger partial charge is 0.119 e. The fourth-order valence-corrected chi connectivity index (χ4v) is 3.37. The maximum Gasteiger partial charge on any atom is 0.119 e. The van der Waals surface area contributed by atoms with Crippen molar-refractivity contribution in [1.29, 1.82) is 0 Å². The normalized spacial score (nSPS) is 16.7. The van der Waals surface area contributed by atoms with E-state index in [4.69, 9.17) is 9.47 Å². The van der Waals surface area contributed by atoms with Crippen LogP contribution in [0.25, 0.3) is 6.08 Å². The highest BCUT2D eigenvalue weighted by Crippen LogP contribution is 2.28. The van der Waals surface area contributed by atoms with Crippen LogP contribution in [0.5, 0.6) is 11.5 Å². The summed E-state index contributed by atoms with van der Waals surface area (Å²) >= 11 is 0. The Hall–Kier alpha value is -2.78. The number of phenolic OH excluding ortho intramolecular Hbond substituents is 1.